The van der Waals surface area contributed by atoms with Gasteiger partial charge in [0.15, 0.2) is 10.0 Å². The van der Waals surface area contributed by atoms with Crippen molar-refractivity contribution in [3.05, 3.63) is 81.8 Å². The first-order valence-corrected chi connectivity index (χ1v) is 11.8. The van der Waals surface area contributed by atoms with Crippen molar-refractivity contribution in [2.24, 2.45) is 10.2 Å². The Balaban J connectivity index is 1.53. The zero-order valence-corrected chi connectivity index (χ0v) is 20.0. The molecule has 0 aliphatic carbocycles. The zero-order valence-electron chi connectivity index (χ0n) is 18.4. The van der Waals surface area contributed by atoms with Gasteiger partial charge in [0.05, 0.1) is 43.9 Å². The van der Waals surface area contributed by atoms with Crippen LogP contribution in [0.3, 0.4) is 0 Å². The molecule has 6 nitrogen and oxygen atoms in total. The van der Waals surface area contributed by atoms with Crippen molar-refractivity contribution >= 4 is 45.5 Å². The van der Waals surface area contributed by atoms with Crippen molar-refractivity contribution in [2.45, 2.75) is 27.7 Å². The minimum absolute atomic E-state index is 0.897. The van der Waals surface area contributed by atoms with E-state index in [1.807, 2.05) is 88.4 Å². The van der Waals surface area contributed by atoms with E-state index in [0.717, 1.165) is 54.0 Å². The number of hydrogen-bond donors (Lipinski definition) is 2. The van der Waals surface area contributed by atoms with Gasteiger partial charge in [-0.1, -0.05) is 36.4 Å². The van der Waals surface area contributed by atoms with Gasteiger partial charge in [-0.25, -0.2) is 9.97 Å². The Kier molecular flexibility index (Phi) is 6.72. The van der Waals surface area contributed by atoms with Crippen LogP contribution in [0.4, 0.5) is 11.4 Å². The smallest absolute Gasteiger partial charge is 0.153 e. The highest BCUT2D eigenvalue weighted by Crippen LogP contribution is 2.33. The average molecular weight is 461 g/mol. The maximum absolute atomic E-state index is 4.77. The van der Waals surface area contributed by atoms with Crippen LogP contribution in [0, 0.1) is 13.8 Å². The summed E-state index contributed by atoms with van der Waals surface area (Å²) in [6.07, 6.45) is 0. The number of para-hydroxylation sites is 2. The topological polar surface area (TPSA) is 74.6 Å². The predicted octanol–water partition coefficient (Wildman–Crippen LogP) is 6.56. The molecule has 0 bridgehead atoms. The van der Waals surface area contributed by atoms with Gasteiger partial charge in [0, 0.05) is 0 Å². The van der Waals surface area contributed by atoms with Gasteiger partial charge >= 0.3 is 0 Å². The van der Waals surface area contributed by atoms with Crippen molar-refractivity contribution in [2.75, 3.05) is 10.9 Å². The van der Waals surface area contributed by atoms with E-state index < -0.39 is 0 Å². The molecule has 2 N–H and O–H groups in total. The molecular formula is C24H24N6S2. The van der Waals surface area contributed by atoms with Gasteiger partial charge in [0.25, 0.3) is 0 Å². The highest BCUT2D eigenvalue weighted by atomic mass is 32.1. The van der Waals surface area contributed by atoms with Crippen LogP contribution >= 0.6 is 22.7 Å². The SMILES string of the molecule is C/C(=N\Nc1ccccc1)c1sc(-c2nc(C)c(/C(C)=N/Nc3ccccc3)s2)nc1C. The molecule has 0 aliphatic heterocycles. The number of aromatic nitrogens is 2. The van der Waals surface area contributed by atoms with Crippen LogP contribution in [0.1, 0.15) is 35.0 Å². The van der Waals surface area contributed by atoms with E-state index in [9.17, 15) is 0 Å². The number of nitrogens with one attached hydrogen (secondary N) is 2. The third-order valence-electron chi connectivity index (χ3n) is 4.69. The van der Waals surface area contributed by atoms with Crippen LogP contribution in [-0.4, -0.2) is 21.4 Å². The summed E-state index contributed by atoms with van der Waals surface area (Å²) >= 11 is 3.22. The van der Waals surface area contributed by atoms with Gasteiger partial charge in [0.2, 0.25) is 0 Å². The highest BCUT2D eigenvalue weighted by molar-refractivity contribution is 7.23. The molecule has 4 rings (SSSR count). The van der Waals surface area contributed by atoms with Crippen molar-refractivity contribution in [3.8, 4) is 10.0 Å². The molecule has 0 spiro atoms. The molecule has 0 atom stereocenters. The Morgan fingerprint density at radius 1 is 0.656 bits per heavy atom. The second-order valence-electron chi connectivity index (χ2n) is 7.22. The first-order valence-electron chi connectivity index (χ1n) is 10.2. The molecule has 4 aromatic rings. The van der Waals surface area contributed by atoms with Crippen molar-refractivity contribution in [3.63, 3.8) is 0 Å². The lowest BCUT2D eigenvalue weighted by Crippen LogP contribution is -1.99. The van der Waals surface area contributed by atoms with Crippen molar-refractivity contribution in [1.29, 1.82) is 0 Å². The van der Waals surface area contributed by atoms with Crippen molar-refractivity contribution < 1.29 is 0 Å². The molecule has 0 radical (unpaired) electrons. The van der Waals surface area contributed by atoms with E-state index in [2.05, 4.69) is 21.1 Å². The normalized spacial score (nSPS) is 12.1. The van der Waals surface area contributed by atoms with E-state index in [-0.39, 0.29) is 0 Å². The third kappa shape index (κ3) is 5.09. The molecular weight excluding hydrogens is 436 g/mol. The van der Waals surface area contributed by atoms with Gasteiger partial charge in [0.1, 0.15) is 0 Å². The van der Waals surface area contributed by atoms with Crippen molar-refractivity contribution in [1.82, 2.24) is 9.97 Å². The molecule has 32 heavy (non-hydrogen) atoms. The molecule has 0 saturated heterocycles. The molecule has 2 aromatic carbocycles. The second kappa shape index (κ2) is 9.84. The summed E-state index contributed by atoms with van der Waals surface area (Å²) in [5.74, 6) is 0. The van der Waals surface area contributed by atoms with E-state index >= 15 is 0 Å². The highest BCUT2D eigenvalue weighted by Gasteiger charge is 2.18. The molecule has 0 aliphatic rings. The number of benzene rings is 2. The van der Waals surface area contributed by atoms with Crippen LogP contribution in [0.25, 0.3) is 10.0 Å². The summed E-state index contributed by atoms with van der Waals surface area (Å²) < 4.78 is 0. The van der Waals surface area contributed by atoms with E-state index in [0.29, 0.717) is 0 Å². The Labute approximate surface area is 195 Å². The first kappa shape index (κ1) is 21.9. The lowest BCUT2D eigenvalue weighted by Gasteiger charge is -2.01. The van der Waals surface area contributed by atoms with Gasteiger partial charge in [-0.05, 0) is 52.0 Å². The van der Waals surface area contributed by atoms with Crippen LogP contribution in [0.2, 0.25) is 0 Å². The van der Waals surface area contributed by atoms with Gasteiger partial charge < -0.3 is 0 Å². The number of aryl methyl sites for hydroxylation is 2. The second-order valence-corrected chi connectivity index (χ2v) is 9.22. The lowest BCUT2D eigenvalue weighted by molar-refractivity contribution is 1.21. The summed E-state index contributed by atoms with van der Waals surface area (Å²) in [5, 5.41) is 10.9. The van der Waals surface area contributed by atoms with Crippen LogP contribution in [0.15, 0.2) is 70.9 Å². The summed E-state index contributed by atoms with van der Waals surface area (Å²) in [5.41, 5.74) is 11.8. The molecule has 0 fully saturated rings. The van der Waals surface area contributed by atoms with Crippen LogP contribution < -0.4 is 10.9 Å². The van der Waals surface area contributed by atoms with Gasteiger partial charge in [-0.15, -0.1) is 22.7 Å². The Hall–Kier alpha value is -3.36. The average Bonchev–Trinajstić information content (AvgIpc) is 3.40. The molecule has 0 unspecified atom stereocenters. The monoisotopic (exact) mass is 460 g/mol. The van der Waals surface area contributed by atoms with E-state index in [1.165, 1.54) is 0 Å². The maximum atomic E-state index is 4.77. The molecule has 0 amide bonds. The Morgan fingerprint density at radius 3 is 1.41 bits per heavy atom. The number of rotatable bonds is 7. The minimum atomic E-state index is 0.897. The number of thiazole rings is 2. The molecule has 162 valence electrons. The molecule has 8 heteroatoms. The van der Waals surface area contributed by atoms with Crippen LogP contribution in [-0.2, 0) is 0 Å². The standard InChI is InChI=1S/C24H24N6S2/c1-15-21(17(3)27-29-19-11-7-5-8-12-19)31-23(25-15)24-26-16(2)22(32-24)18(4)28-30-20-13-9-6-10-14-20/h5-14,29-30H,1-4H3/b27-17+,28-18+. The molecule has 2 heterocycles. The third-order valence-corrected chi connectivity index (χ3v) is 7.36. The fourth-order valence-electron chi connectivity index (χ4n) is 3.07. The predicted molar refractivity (Wildman–Crippen MR) is 137 cm³/mol. The maximum Gasteiger partial charge on any atom is 0.153 e. The fraction of sp³-hybridized carbons (Fsp3) is 0.167. The number of anilines is 2. The van der Waals surface area contributed by atoms with Gasteiger partial charge in [-0.2, -0.15) is 10.2 Å². The van der Waals surface area contributed by atoms with E-state index in [4.69, 9.17) is 9.97 Å². The largest absolute Gasteiger partial charge is 0.278 e. The number of hydrazone groups is 2. The summed E-state index contributed by atoms with van der Waals surface area (Å²) in [6, 6.07) is 19.8. The summed E-state index contributed by atoms with van der Waals surface area (Å²) in [7, 11) is 0. The first-order chi connectivity index (χ1) is 15.5. The lowest BCUT2D eigenvalue weighted by atomic mass is 10.3. The summed E-state index contributed by atoms with van der Waals surface area (Å²) in [4.78, 5) is 11.6. The van der Waals surface area contributed by atoms with Gasteiger partial charge in [-0.3, -0.25) is 10.9 Å². The molecule has 2 aromatic heterocycles. The summed E-state index contributed by atoms with van der Waals surface area (Å²) in [6.45, 7) is 8.00. The minimum Gasteiger partial charge on any atom is -0.278 e. The Morgan fingerprint density at radius 2 is 1.03 bits per heavy atom. The van der Waals surface area contributed by atoms with E-state index in [1.54, 1.807) is 22.7 Å². The quantitative estimate of drug-likeness (QED) is 0.242. The number of nitrogens with zero attached hydrogens (tertiary/aromatic N) is 4. The molecule has 0 saturated carbocycles. The fourth-order valence-corrected chi connectivity index (χ4v) is 5.11. The zero-order chi connectivity index (χ0) is 22.5. The van der Waals surface area contributed by atoms with Crippen LogP contribution in [0.5, 0.6) is 0 Å². The Bertz CT molecular complexity index is 1160. The number of hydrogen-bond acceptors (Lipinski definition) is 8.